The number of carbonyl (C=O) groups excluding carboxylic acids is 2. The Kier molecular flexibility index (Phi) is 5.19. The van der Waals surface area contributed by atoms with Gasteiger partial charge in [0.25, 0.3) is 0 Å². The Morgan fingerprint density at radius 3 is 2.21 bits per heavy atom. The Balaban J connectivity index is 1.66. The second-order valence-corrected chi connectivity index (χ2v) is 5.60. The zero-order valence-corrected chi connectivity index (χ0v) is 11.9. The van der Waals surface area contributed by atoms with Crippen LogP contribution in [0.1, 0.15) is 39.0 Å². The molecule has 0 atom stereocenters. The molecule has 5 heteroatoms. The average molecular weight is 267 g/mol. The third-order valence-electron chi connectivity index (χ3n) is 4.19. The number of piperidine rings is 2. The number of amides is 2. The van der Waals surface area contributed by atoms with Gasteiger partial charge in [-0.15, -0.1) is 0 Å². The van der Waals surface area contributed by atoms with Crippen LogP contribution in [0.2, 0.25) is 0 Å². The van der Waals surface area contributed by atoms with Crippen LogP contribution in [0.25, 0.3) is 0 Å². The minimum Gasteiger partial charge on any atom is -0.343 e. The summed E-state index contributed by atoms with van der Waals surface area (Å²) in [6.45, 7) is 5.53. The van der Waals surface area contributed by atoms with E-state index in [0.29, 0.717) is 12.6 Å². The van der Waals surface area contributed by atoms with Gasteiger partial charge in [-0.05, 0) is 32.1 Å². The summed E-state index contributed by atoms with van der Waals surface area (Å²) in [5.74, 6) is 0.386. The first-order valence-corrected chi connectivity index (χ1v) is 7.43. The van der Waals surface area contributed by atoms with Crippen LogP contribution in [-0.4, -0.2) is 60.4 Å². The molecule has 0 saturated carbocycles. The molecule has 0 aliphatic carbocycles. The average Bonchev–Trinajstić information content (AvgIpc) is 2.46. The predicted molar refractivity (Wildman–Crippen MR) is 73.7 cm³/mol. The number of hydrogen-bond acceptors (Lipinski definition) is 3. The normalized spacial score (nSPS) is 21.5. The molecular formula is C14H25N3O2. The predicted octanol–water partition coefficient (Wildman–Crippen LogP) is 0.599. The van der Waals surface area contributed by atoms with Gasteiger partial charge in [0.05, 0.1) is 6.54 Å². The zero-order chi connectivity index (χ0) is 13.7. The molecule has 0 aromatic rings. The van der Waals surface area contributed by atoms with Crippen molar-refractivity contribution in [3.05, 3.63) is 0 Å². The number of nitrogens with one attached hydrogen (secondary N) is 1. The van der Waals surface area contributed by atoms with E-state index in [1.54, 1.807) is 6.92 Å². The van der Waals surface area contributed by atoms with Crippen molar-refractivity contribution in [2.75, 3.05) is 32.7 Å². The molecule has 2 saturated heterocycles. The van der Waals surface area contributed by atoms with Gasteiger partial charge in [0, 0.05) is 39.1 Å². The fourth-order valence-corrected chi connectivity index (χ4v) is 2.89. The number of likely N-dealkylation sites (tertiary alicyclic amines) is 2. The van der Waals surface area contributed by atoms with E-state index in [0.717, 1.165) is 51.9 Å². The SMILES string of the molecule is CC(=O)N1CCC(NCC(=O)N2CCCCC2)CC1. The van der Waals surface area contributed by atoms with Crippen LogP contribution in [0.4, 0.5) is 0 Å². The van der Waals surface area contributed by atoms with Crippen LogP contribution in [0, 0.1) is 0 Å². The van der Waals surface area contributed by atoms with E-state index in [4.69, 9.17) is 0 Å². The van der Waals surface area contributed by atoms with Crippen molar-refractivity contribution < 1.29 is 9.59 Å². The molecule has 0 unspecified atom stereocenters. The Hall–Kier alpha value is -1.10. The first-order chi connectivity index (χ1) is 9.16. The van der Waals surface area contributed by atoms with E-state index >= 15 is 0 Å². The minimum absolute atomic E-state index is 0.155. The van der Waals surface area contributed by atoms with Gasteiger partial charge in [0.1, 0.15) is 0 Å². The van der Waals surface area contributed by atoms with E-state index in [1.807, 2.05) is 9.80 Å². The zero-order valence-electron chi connectivity index (χ0n) is 11.9. The molecule has 108 valence electrons. The van der Waals surface area contributed by atoms with Gasteiger partial charge in [-0.25, -0.2) is 0 Å². The van der Waals surface area contributed by atoms with E-state index in [9.17, 15) is 9.59 Å². The van der Waals surface area contributed by atoms with Gasteiger partial charge < -0.3 is 15.1 Å². The second-order valence-electron chi connectivity index (χ2n) is 5.60. The first-order valence-electron chi connectivity index (χ1n) is 7.43. The van der Waals surface area contributed by atoms with Gasteiger partial charge >= 0.3 is 0 Å². The molecular weight excluding hydrogens is 242 g/mol. The molecule has 5 nitrogen and oxygen atoms in total. The summed E-state index contributed by atoms with van der Waals surface area (Å²) >= 11 is 0. The molecule has 0 radical (unpaired) electrons. The van der Waals surface area contributed by atoms with Crippen LogP contribution in [0.15, 0.2) is 0 Å². The van der Waals surface area contributed by atoms with Crippen LogP contribution >= 0.6 is 0 Å². The summed E-state index contributed by atoms with van der Waals surface area (Å²) in [7, 11) is 0. The molecule has 2 fully saturated rings. The Labute approximate surface area is 115 Å². The lowest BCUT2D eigenvalue weighted by Crippen LogP contribution is -2.48. The third kappa shape index (κ3) is 4.20. The van der Waals surface area contributed by atoms with E-state index < -0.39 is 0 Å². The molecule has 2 heterocycles. The van der Waals surface area contributed by atoms with Crippen molar-refractivity contribution >= 4 is 11.8 Å². The summed E-state index contributed by atoms with van der Waals surface area (Å²) in [4.78, 5) is 27.1. The van der Waals surface area contributed by atoms with E-state index in [1.165, 1.54) is 6.42 Å². The second kappa shape index (κ2) is 6.89. The highest BCUT2D eigenvalue weighted by Gasteiger charge is 2.22. The van der Waals surface area contributed by atoms with Crippen molar-refractivity contribution in [3.8, 4) is 0 Å². The maximum Gasteiger partial charge on any atom is 0.236 e. The number of hydrogen-bond donors (Lipinski definition) is 1. The molecule has 1 N–H and O–H groups in total. The highest BCUT2D eigenvalue weighted by Crippen LogP contribution is 2.11. The maximum atomic E-state index is 12.0. The highest BCUT2D eigenvalue weighted by molar-refractivity contribution is 5.78. The molecule has 2 aliphatic rings. The van der Waals surface area contributed by atoms with Crippen molar-refractivity contribution in [2.24, 2.45) is 0 Å². The van der Waals surface area contributed by atoms with Crippen LogP contribution < -0.4 is 5.32 Å². The topological polar surface area (TPSA) is 52.7 Å². The Morgan fingerprint density at radius 2 is 1.63 bits per heavy atom. The first kappa shape index (κ1) is 14.3. The van der Waals surface area contributed by atoms with Crippen molar-refractivity contribution in [1.29, 1.82) is 0 Å². The number of carbonyl (C=O) groups is 2. The lowest BCUT2D eigenvalue weighted by molar-refractivity contribution is -0.132. The molecule has 0 aromatic heterocycles. The van der Waals surface area contributed by atoms with Gasteiger partial charge in [-0.2, -0.15) is 0 Å². The van der Waals surface area contributed by atoms with Gasteiger partial charge in [0.15, 0.2) is 0 Å². The molecule has 19 heavy (non-hydrogen) atoms. The highest BCUT2D eigenvalue weighted by atomic mass is 16.2. The summed E-state index contributed by atoms with van der Waals surface area (Å²) in [5.41, 5.74) is 0. The fraction of sp³-hybridized carbons (Fsp3) is 0.857. The quantitative estimate of drug-likeness (QED) is 0.814. The molecule has 2 amide bonds. The summed E-state index contributed by atoms with van der Waals surface area (Å²) in [6.07, 6.45) is 5.44. The Bertz CT molecular complexity index is 319. The lowest BCUT2D eigenvalue weighted by atomic mass is 10.0. The summed E-state index contributed by atoms with van der Waals surface area (Å²) in [5, 5.41) is 3.35. The standard InChI is InChI=1S/C14H25N3O2/c1-12(18)16-9-5-13(6-10-16)15-11-14(19)17-7-3-2-4-8-17/h13,15H,2-11H2,1H3. The Morgan fingerprint density at radius 1 is 1.00 bits per heavy atom. The maximum absolute atomic E-state index is 12.0. The van der Waals surface area contributed by atoms with Gasteiger partial charge in [-0.3, -0.25) is 9.59 Å². The number of nitrogens with zero attached hydrogens (tertiary/aromatic N) is 2. The molecule has 2 aliphatic heterocycles. The monoisotopic (exact) mass is 267 g/mol. The van der Waals surface area contributed by atoms with Gasteiger partial charge in [0.2, 0.25) is 11.8 Å². The van der Waals surface area contributed by atoms with Crippen LogP contribution in [0.3, 0.4) is 0 Å². The van der Waals surface area contributed by atoms with Crippen molar-refractivity contribution in [3.63, 3.8) is 0 Å². The number of rotatable bonds is 3. The molecule has 0 aromatic carbocycles. The summed E-state index contributed by atoms with van der Waals surface area (Å²) < 4.78 is 0. The largest absolute Gasteiger partial charge is 0.343 e. The van der Waals surface area contributed by atoms with Crippen molar-refractivity contribution in [2.45, 2.75) is 45.1 Å². The van der Waals surface area contributed by atoms with E-state index in [2.05, 4.69) is 5.32 Å². The fourth-order valence-electron chi connectivity index (χ4n) is 2.89. The molecule has 0 spiro atoms. The smallest absolute Gasteiger partial charge is 0.236 e. The molecule has 2 rings (SSSR count). The van der Waals surface area contributed by atoms with E-state index in [-0.39, 0.29) is 11.8 Å². The molecule has 0 bridgehead atoms. The minimum atomic E-state index is 0.155. The third-order valence-corrected chi connectivity index (χ3v) is 4.19. The van der Waals surface area contributed by atoms with Gasteiger partial charge in [-0.1, -0.05) is 0 Å². The lowest BCUT2D eigenvalue weighted by Gasteiger charge is -2.32. The summed E-state index contributed by atoms with van der Waals surface area (Å²) in [6, 6.07) is 0.379. The van der Waals surface area contributed by atoms with Crippen LogP contribution in [-0.2, 0) is 9.59 Å². The van der Waals surface area contributed by atoms with Crippen molar-refractivity contribution in [1.82, 2.24) is 15.1 Å². The van der Waals surface area contributed by atoms with Crippen LogP contribution in [0.5, 0.6) is 0 Å².